The standard InChI is InChI=1S/C19H16N2/c1-21(2)19-9-6-15(7-10-19)3-4-16-5-8-18-14-20-12-11-17(18)13-16/h5-14H,1-2H3. The fourth-order valence-electron chi connectivity index (χ4n) is 2.15. The third-order valence-corrected chi connectivity index (χ3v) is 3.38. The second-order valence-electron chi connectivity index (χ2n) is 5.13. The third-order valence-electron chi connectivity index (χ3n) is 3.38. The summed E-state index contributed by atoms with van der Waals surface area (Å²) >= 11 is 0. The average molecular weight is 272 g/mol. The summed E-state index contributed by atoms with van der Waals surface area (Å²) in [7, 11) is 4.06. The molecule has 21 heavy (non-hydrogen) atoms. The fourth-order valence-corrected chi connectivity index (χ4v) is 2.15. The maximum atomic E-state index is 4.12. The fraction of sp³-hybridized carbons (Fsp3) is 0.105. The van der Waals surface area contributed by atoms with Crippen molar-refractivity contribution in [3.05, 3.63) is 72.1 Å². The Morgan fingerprint density at radius 1 is 0.810 bits per heavy atom. The summed E-state index contributed by atoms with van der Waals surface area (Å²) in [5.41, 5.74) is 3.22. The Balaban J connectivity index is 1.88. The number of rotatable bonds is 1. The first-order valence-electron chi connectivity index (χ1n) is 6.85. The lowest BCUT2D eigenvalue weighted by Crippen LogP contribution is -2.07. The number of pyridine rings is 1. The van der Waals surface area contributed by atoms with Crippen LogP contribution in [0.15, 0.2) is 60.9 Å². The largest absolute Gasteiger partial charge is 0.378 e. The van der Waals surface area contributed by atoms with Crippen molar-refractivity contribution in [3.63, 3.8) is 0 Å². The average Bonchev–Trinajstić information content (AvgIpc) is 2.53. The molecule has 3 aromatic rings. The molecule has 3 rings (SSSR count). The van der Waals surface area contributed by atoms with Crippen LogP contribution in [-0.2, 0) is 0 Å². The van der Waals surface area contributed by atoms with Gasteiger partial charge in [-0.3, -0.25) is 4.98 Å². The van der Waals surface area contributed by atoms with Gasteiger partial charge >= 0.3 is 0 Å². The molecule has 0 spiro atoms. The molecule has 0 unspecified atom stereocenters. The van der Waals surface area contributed by atoms with E-state index in [2.05, 4.69) is 46.0 Å². The number of hydrogen-bond acceptors (Lipinski definition) is 2. The molecule has 102 valence electrons. The van der Waals surface area contributed by atoms with Gasteiger partial charge in [-0.05, 0) is 47.9 Å². The minimum Gasteiger partial charge on any atom is -0.378 e. The summed E-state index contributed by atoms with van der Waals surface area (Å²) < 4.78 is 0. The highest BCUT2D eigenvalue weighted by Gasteiger charge is 1.95. The van der Waals surface area contributed by atoms with E-state index in [1.807, 2.05) is 44.6 Å². The molecular weight excluding hydrogens is 256 g/mol. The molecule has 2 nitrogen and oxygen atoms in total. The first-order valence-corrected chi connectivity index (χ1v) is 6.85. The van der Waals surface area contributed by atoms with Gasteiger partial charge in [-0.2, -0.15) is 0 Å². The molecular formula is C19H16N2. The number of fused-ring (bicyclic) bond motifs is 1. The Labute approximate surface area is 125 Å². The Morgan fingerprint density at radius 3 is 2.29 bits per heavy atom. The van der Waals surface area contributed by atoms with Crippen LogP contribution >= 0.6 is 0 Å². The van der Waals surface area contributed by atoms with Crippen LogP contribution in [0, 0.1) is 11.8 Å². The second kappa shape index (κ2) is 5.68. The van der Waals surface area contributed by atoms with Crippen LogP contribution in [0.4, 0.5) is 5.69 Å². The summed E-state index contributed by atoms with van der Waals surface area (Å²) in [4.78, 5) is 6.20. The number of benzene rings is 2. The Hall–Kier alpha value is -2.79. The van der Waals surface area contributed by atoms with E-state index in [0.717, 1.165) is 16.5 Å². The molecule has 2 heteroatoms. The second-order valence-corrected chi connectivity index (χ2v) is 5.13. The highest BCUT2D eigenvalue weighted by Crippen LogP contribution is 2.14. The van der Waals surface area contributed by atoms with Gasteiger partial charge < -0.3 is 4.90 Å². The van der Waals surface area contributed by atoms with E-state index >= 15 is 0 Å². The van der Waals surface area contributed by atoms with Crippen LogP contribution in [0.5, 0.6) is 0 Å². The van der Waals surface area contributed by atoms with Gasteiger partial charge in [0.15, 0.2) is 0 Å². The minimum absolute atomic E-state index is 1.02. The molecule has 0 aliphatic carbocycles. The van der Waals surface area contributed by atoms with Gasteiger partial charge in [0.05, 0.1) is 0 Å². The van der Waals surface area contributed by atoms with Crippen molar-refractivity contribution in [2.75, 3.05) is 19.0 Å². The SMILES string of the molecule is CN(C)c1ccc(C#Cc2ccc3cnccc3c2)cc1. The lowest BCUT2D eigenvalue weighted by atomic mass is 10.1. The minimum atomic E-state index is 1.02. The van der Waals surface area contributed by atoms with Crippen LogP contribution in [-0.4, -0.2) is 19.1 Å². The number of hydrogen-bond donors (Lipinski definition) is 0. The van der Waals surface area contributed by atoms with Crippen molar-refractivity contribution >= 4 is 16.5 Å². The highest BCUT2D eigenvalue weighted by atomic mass is 15.1. The predicted octanol–water partition coefficient (Wildman–Crippen LogP) is 3.70. The molecule has 0 bridgehead atoms. The van der Waals surface area contributed by atoms with Gasteiger partial charge in [0.2, 0.25) is 0 Å². The molecule has 1 heterocycles. The van der Waals surface area contributed by atoms with Crippen molar-refractivity contribution in [2.45, 2.75) is 0 Å². The van der Waals surface area contributed by atoms with Gasteiger partial charge in [-0.25, -0.2) is 0 Å². The Morgan fingerprint density at radius 2 is 1.52 bits per heavy atom. The van der Waals surface area contributed by atoms with E-state index in [4.69, 9.17) is 0 Å². The highest BCUT2D eigenvalue weighted by molar-refractivity contribution is 5.82. The van der Waals surface area contributed by atoms with Crippen molar-refractivity contribution in [2.24, 2.45) is 0 Å². The topological polar surface area (TPSA) is 16.1 Å². The summed E-state index contributed by atoms with van der Waals surface area (Å²) in [6, 6.07) is 16.4. The van der Waals surface area contributed by atoms with Crippen molar-refractivity contribution in [3.8, 4) is 11.8 Å². The molecule has 0 amide bonds. The molecule has 0 N–H and O–H groups in total. The van der Waals surface area contributed by atoms with Crippen molar-refractivity contribution in [1.29, 1.82) is 0 Å². The number of nitrogens with zero attached hydrogens (tertiary/aromatic N) is 2. The molecule has 0 saturated heterocycles. The maximum absolute atomic E-state index is 4.12. The smallest absolute Gasteiger partial charge is 0.0361 e. The van der Waals surface area contributed by atoms with E-state index in [1.165, 1.54) is 11.1 Å². The first kappa shape index (κ1) is 13.2. The van der Waals surface area contributed by atoms with Gasteiger partial charge in [-0.1, -0.05) is 17.9 Å². The predicted molar refractivity (Wildman–Crippen MR) is 88.5 cm³/mol. The molecule has 0 saturated carbocycles. The van der Waals surface area contributed by atoms with E-state index < -0.39 is 0 Å². The monoisotopic (exact) mass is 272 g/mol. The van der Waals surface area contributed by atoms with Crippen molar-refractivity contribution < 1.29 is 0 Å². The zero-order chi connectivity index (χ0) is 14.7. The van der Waals surface area contributed by atoms with Gasteiger partial charge in [0.1, 0.15) is 0 Å². The number of anilines is 1. The van der Waals surface area contributed by atoms with E-state index in [-0.39, 0.29) is 0 Å². The van der Waals surface area contributed by atoms with Crippen LogP contribution in [0.1, 0.15) is 11.1 Å². The lowest BCUT2D eigenvalue weighted by Gasteiger charge is -2.11. The zero-order valence-electron chi connectivity index (χ0n) is 12.2. The zero-order valence-corrected chi connectivity index (χ0v) is 12.2. The van der Waals surface area contributed by atoms with Gasteiger partial charge in [0, 0.05) is 48.7 Å². The summed E-state index contributed by atoms with van der Waals surface area (Å²) in [5, 5.41) is 2.30. The van der Waals surface area contributed by atoms with Crippen LogP contribution in [0.2, 0.25) is 0 Å². The van der Waals surface area contributed by atoms with E-state index in [1.54, 1.807) is 6.20 Å². The summed E-state index contributed by atoms with van der Waals surface area (Å²) in [6.07, 6.45) is 3.67. The molecule has 0 aliphatic rings. The molecule has 0 atom stereocenters. The molecule has 0 fully saturated rings. The van der Waals surface area contributed by atoms with Gasteiger partial charge in [-0.15, -0.1) is 0 Å². The van der Waals surface area contributed by atoms with Crippen molar-refractivity contribution in [1.82, 2.24) is 4.98 Å². The quantitative estimate of drug-likeness (QED) is 0.628. The molecule has 1 aromatic heterocycles. The molecule has 2 aromatic carbocycles. The van der Waals surface area contributed by atoms with E-state index in [0.29, 0.717) is 0 Å². The van der Waals surface area contributed by atoms with E-state index in [9.17, 15) is 0 Å². The first-order chi connectivity index (χ1) is 10.2. The Kier molecular flexibility index (Phi) is 3.57. The van der Waals surface area contributed by atoms with Gasteiger partial charge in [0.25, 0.3) is 0 Å². The lowest BCUT2D eigenvalue weighted by molar-refractivity contribution is 1.13. The van der Waals surface area contributed by atoms with Crippen LogP contribution < -0.4 is 4.90 Å². The van der Waals surface area contributed by atoms with Crippen LogP contribution in [0.25, 0.3) is 10.8 Å². The third kappa shape index (κ3) is 3.04. The summed E-state index contributed by atoms with van der Waals surface area (Å²) in [6.45, 7) is 0. The summed E-state index contributed by atoms with van der Waals surface area (Å²) in [5.74, 6) is 6.43. The number of aromatic nitrogens is 1. The normalized spacial score (nSPS) is 10.0. The molecule has 0 aliphatic heterocycles. The van der Waals surface area contributed by atoms with Crippen LogP contribution in [0.3, 0.4) is 0 Å². The maximum Gasteiger partial charge on any atom is 0.0361 e. The molecule has 0 radical (unpaired) electrons. The Bertz CT molecular complexity index is 821.